The summed E-state index contributed by atoms with van der Waals surface area (Å²) in [5.74, 6) is 0.118. The summed E-state index contributed by atoms with van der Waals surface area (Å²) in [6.45, 7) is 10.1. The van der Waals surface area contributed by atoms with Crippen LogP contribution in [0.1, 0.15) is 33.3 Å². The zero-order chi connectivity index (χ0) is 21.2. The van der Waals surface area contributed by atoms with Crippen molar-refractivity contribution in [2.24, 2.45) is 10.2 Å². The fraction of sp³-hybridized carbons (Fsp3) is 0.208. The monoisotopic (exact) mass is 405 g/mol. The van der Waals surface area contributed by atoms with Crippen LogP contribution in [-0.4, -0.2) is 10.1 Å². The van der Waals surface area contributed by atoms with E-state index in [0.717, 1.165) is 21.8 Å². The summed E-state index contributed by atoms with van der Waals surface area (Å²) in [6.07, 6.45) is 0. The standard InChI is InChI=1S/C20H15N3OS.2C2H6/c1-13-5-4-7-17-19(13)25-20(21-17)14-9-11-15(12-10-14)22-23-16-6-2-3-8-18(16)24;2*1-2/h2-12,24H,1H3;2*1-2H3. The highest BCUT2D eigenvalue weighted by Gasteiger charge is 2.07. The molecule has 0 saturated heterocycles. The molecule has 5 heteroatoms. The van der Waals surface area contributed by atoms with Crippen LogP contribution in [0, 0.1) is 6.92 Å². The summed E-state index contributed by atoms with van der Waals surface area (Å²) in [7, 11) is 0. The molecule has 150 valence electrons. The first-order chi connectivity index (χ1) is 14.2. The SMILES string of the molecule is CC.CC.Cc1cccc2nc(-c3ccc(N=Nc4ccccc4O)cc3)sc12. The van der Waals surface area contributed by atoms with Gasteiger partial charge in [0.1, 0.15) is 16.4 Å². The number of aryl methyl sites for hydroxylation is 1. The maximum absolute atomic E-state index is 9.71. The minimum Gasteiger partial charge on any atom is -0.506 e. The van der Waals surface area contributed by atoms with Crippen LogP contribution in [-0.2, 0) is 0 Å². The van der Waals surface area contributed by atoms with Crippen molar-refractivity contribution in [2.75, 3.05) is 0 Å². The molecule has 4 rings (SSSR count). The topological polar surface area (TPSA) is 57.8 Å². The van der Waals surface area contributed by atoms with Crippen LogP contribution >= 0.6 is 11.3 Å². The van der Waals surface area contributed by atoms with E-state index in [1.165, 1.54) is 10.3 Å². The number of para-hydroxylation sites is 1. The van der Waals surface area contributed by atoms with Crippen molar-refractivity contribution in [3.05, 3.63) is 72.3 Å². The number of hydrogen-bond acceptors (Lipinski definition) is 5. The summed E-state index contributed by atoms with van der Waals surface area (Å²) in [5.41, 5.74) is 4.51. The Hall–Kier alpha value is -3.05. The highest BCUT2D eigenvalue weighted by atomic mass is 32.1. The van der Waals surface area contributed by atoms with Gasteiger partial charge in [0, 0.05) is 5.56 Å². The van der Waals surface area contributed by atoms with E-state index in [1.54, 1.807) is 29.5 Å². The van der Waals surface area contributed by atoms with Gasteiger partial charge in [-0.05, 0) is 55.0 Å². The van der Waals surface area contributed by atoms with Gasteiger partial charge in [-0.25, -0.2) is 4.98 Å². The number of azo groups is 1. The zero-order valence-corrected chi connectivity index (χ0v) is 18.4. The third kappa shape index (κ3) is 5.48. The molecule has 4 nitrogen and oxygen atoms in total. The van der Waals surface area contributed by atoms with E-state index in [0.29, 0.717) is 5.69 Å². The molecule has 0 aliphatic rings. The van der Waals surface area contributed by atoms with E-state index in [-0.39, 0.29) is 5.75 Å². The molecule has 1 heterocycles. The molecule has 0 amide bonds. The Morgan fingerprint density at radius 2 is 1.48 bits per heavy atom. The number of thiazole rings is 1. The highest BCUT2D eigenvalue weighted by molar-refractivity contribution is 7.21. The van der Waals surface area contributed by atoms with E-state index in [2.05, 4.69) is 23.2 Å². The molecular weight excluding hydrogens is 378 g/mol. The number of rotatable bonds is 3. The maximum atomic E-state index is 9.71. The van der Waals surface area contributed by atoms with Crippen molar-refractivity contribution in [1.29, 1.82) is 0 Å². The quantitative estimate of drug-likeness (QED) is 0.348. The summed E-state index contributed by atoms with van der Waals surface area (Å²) < 4.78 is 1.22. The predicted octanol–water partition coefficient (Wildman–Crippen LogP) is 8.45. The number of hydrogen-bond donors (Lipinski definition) is 1. The third-order valence-corrected chi connectivity index (χ3v) is 5.14. The van der Waals surface area contributed by atoms with Crippen LogP contribution in [0.25, 0.3) is 20.8 Å². The zero-order valence-electron chi connectivity index (χ0n) is 17.5. The molecule has 3 aromatic carbocycles. The molecule has 0 fully saturated rings. The first-order valence-corrected chi connectivity index (χ1v) is 10.7. The summed E-state index contributed by atoms with van der Waals surface area (Å²) in [4.78, 5) is 4.71. The van der Waals surface area contributed by atoms with Crippen molar-refractivity contribution < 1.29 is 5.11 Å². The molecular formula is C24H27N3OS. The van der Waals surface area contributed by atoms with Crippen LogP contribution in [0.15, 0.2) is 77.0 Å². The fourth-order valence-corrected chi connectivity index (χ4v) is 3.58. The largest absolute Gasteiger partial charge is 0.506 e. The number of benzene rings is 3. The number of phenolic OH excluding ortho intramolecular Hbond substituents is 1. The Morgan fingerprint density at radius 1 is 0.793 bits per heavy atom. The Balaban J connectivity index is 0.000000707. The average Bonchev–Trinajstić information content (AvgIpc) is 3.22. The minimum absolute atomic E-state index is 0.118. The van der Waals surface area contributed by atoms with Gasteiger partial charge in [0.15, 0.2) is 0 Å². The van der Waals surface area contributed by atoms with Gasteiger partial charge in [-0.15, -0.1) is 16.5 Å². The lowest BCUT2D eigenvalue weighted by Gasteiger charge is -1.98. The van der Waals surface area contributed by atoms with Gasteiger partial charge >= 0.3 is 0 Å². The summed E-state index contributed by atoms with van der Waals surface area (Å²) in [5, 5.41) is 19.0. The molecule has 1 aromatic heterocycles. The molecule has 0 bridgehead atoms. The lowest BCUT2D eigenvalue weighted by Crippen LogP contribution is -1.75. The van der Waals surface area contributed by atoms with Crippen LogP contribution in [0.4, 0.5) is 11.4 Å². The van der Waals surface area contributed by atoms with Crippen LogP contribution < -0.4 is 0 Å². The molecule has 4 aromatic rings. The maximum Gasteiger partial charge on any atom is 0.143 e. The van der Waals surface area contributed by atoms with Gasteiger partial charge in [-0.2, -0.15) is 5.11 Å². The highest BCUT2D eigenvalue weighted by Crippen LogP contribution is 2.33. The number of aromatic nitrogens is 1. The first kappa shape index (κ1) is 22.2. The van der Waals surface area contributed by atoms with Gasteiger partial charge in [0.2, 0.25) is 0 Å². The van der Waals surface area contributed by atoms with Gasteiger partial charge in [0.25, 0.3) is 0 Å². The second-order valence-electron chi connectivity index (χ2n) is 5.68. The van der Waals surface area contributed by atoms with Gasteiger partial charge in [-0.3, -0.25) is 0 Å². The van der Waals surface area contributed by atoms with Gasteiger partial charge in [-0.1, -0.05) is 52.0 Å². The van der Waals surface area contributed by atoms with Crippen molar-refractivity contribution in [1.82, 2.24) is 4.98 Å². The Kier molecular flexibility index (Phi) is 8.49. The molecule has 0 aliphatic heterocycles. The van der Waals surface area contributed by atoms with E-state index in [1.807, 2.05) is 70.2 Å². The Bertz CT molecular complexity index is 1070. The third-order valence-electron chi connectivity index (χ3n) is 3.88. The number of aromatic hydroxyl groups is 1. The van der Waals surface area contributed by atoms with Crippen molar-refractivity contribution in [3.8, 4) is 16.3 Å². The first-order valence-electron chi connectivity index (χ1n) is 9.87. The van der Waals surface area contributed by atoms with E-state index in [9.17, 15) is 5.11 Å². The number of fused-ring (bicyclic) bond motifs is 1. The lowest BCUT2D eigenvalue weighted by molar-refractivity contribution is 0.476. The molecule has 0 spiro atoms. The Morgan fingerprint density at radius 3 is 2.14 bits per heavy atom. The van der Waals surface area contributed by atoms with E-state index >= 15 is 0 Å². The van der Waals surface area contributed by atoms with Gasteiger partial charge in [0.05, 0.1) is 15.9 Å². The molecule has 0 radical (unpaired) electrons. The van der Waals surface area contributed by atoms with E-state index < -0.39 is 0 Å². The molecule has 0 atom stereocenters. The van der Waals surface area contributed by atoms with Crippen molar-refractivity contribution in [2.45, 2.75) is 34.6 Å². The molecule has 0 unspecified atom stereocenters. The minimum atomic E-state index is 0.118. The number of nitrogens with zero attached hydrogens (tertiary/aromatic N) is 3. The molecule has 1 N–H and O–H groups in total. The second kappa shape index (κ2) is 11.1. The second-order valence-corrected chi connectivity index (χ2v) is 6.68. The number of phenols is 1. The van der Waals surface area contributed by atoms with Crippen LogP contribution in [0.3, 0.4) is 0 Å². The van der Waals surface area contributed by atoms with Crippen molar-refractivity contribution >= 4 is 32.9 Å². The predicted molar refractivity (Wildman–Crippen MR) is 125 cm³/mol. The smallest absolute Gasteiger partial charge is 0.143 e. The lowest BCUT2D eigenvalue weighted by atomic mass is 10.2. The summed E-state index contributed by atoms with van der Waals surface area (Å²) >= 11 is 1.70. The van der Waals surface area contributed by atoms with Crippen LogP contribution in [0.5, 0.6) is 5.75 Å². The fourth-order valence-electron chi connectivity index (χ4n) is 2.54. The van der Waals surface area contributed by atoms with Crippen molar-refractivity contribution in [3.63, 3.8) is 0 Å². The Labute approximate surface area is 176 Å². The van der Waals surface area contributed by atoms with Crippen LogP contribution in [0.2, 0.25) is 0 Å². The molecule has 0 aliphatic carbocycles. The van der Waals surface area contributed by atoms with Gasteiger partial charge < -0.3 is 5.11 Å². The summed E-state index contributed by atoms with van der Waals surface area (Å²) in [6, 6.07) is 20.8. The molecule has 29 heavy (non-hydrogen) atoms. The molecule has 0 saturated carbocycles. The van der Waals surface area contributed by atoms with E-state index in [4.69, 9.17) is 4.98 Å². The normalized spacial score (nSPS) is 10.2. The average molecular weight is 406 g/mol.